The zero-order valence-electron chi connectivity index (χ0n) is 17.9. The molecule has 1 aliphatic heterocycles. The third-order valence-corrected chi connectivity index (χ3v) is 5.12. The van der Waals surface area contributed by atoms with Crippen molar-refractivity contribution in [2.75, 3.05) is 19.8 Å². The predicted octanol–water partition coefficient (Wildman–Crippen LogP) is 3.31. The molecule has 7 nitrogen and oxygen atoms in total. The largest absolute Gasteiger partial charge is 0.490 e. The fraction of sp³-hybridized carbons (Fsp3) is 0.409. The first-order valence-electron chi connectivity index (χ1n) is 10.2. The Bertz CT molecular complexity index is 967. The SMILES string of the molecule is CCOc1ccc(CCN2C(=O)/C(=C\c3cn(CC)nc3C)NC2=S)cc1OCC. The summed E-state index contributed by atoms with van der Waals surface area (Å²) >= 11 is 5.40. The molecule has 1 amide bonds. The van der Waals surface area contributed by atoms with Gasteiger partial charge in [0.05, 0.1) is 18.9 Å². The van der Waals surface area contributed by atoms with Crippen LogP contribution in [-0.2, 0) is 17.8 Å². The van der Waals surface area contributed by atoms with E-state index in [2.05, 4.69) is 10.4 Å². The molecule has 0 aliphatic carbocycles. The maximum absolute atomic E-state index is 12.9. The number of amides is 1. The quantitative estimate of drug-likeness (QED) is 0.488. The van der Waals surface area contributed by atoms with E-state index < -0.39 is 0 Å². The van der Waals surface area contributed by atoms with Gasteiger partial charge in [-0.15, -0.1) is 0 Å². The summed E-state index contributed by atoms with van der Waals surface area (Å²) in [6.45, 7) is 10.2. The third-order valence-electron chi connectivity index (χ3n) is 4.80. The van der Waals surface area contributed by atoms with Crippen molar-refractivity contribution in [3.05, 3.63) is 46.9 Å². The van der Waals surface area contributed by atoms with E-state index in [1.54, 1.807) is 4.90 Å². The number of rotatable bonds is 9. The molecule has 8 heteroatoms. The van der Waals surface area contributed by atoms with Crippen LogP contribution >= 0.6 is 12.2 Å². The first kappa shape index (κ1) is 21.8. The molecule has 2 aromatic rings. The molecule has 1 aromatic heterocycles. The van der Waals surface area contributed by atoms with Gasteiger partial charge in [-0.05, 0) is 70.1 Å². The van der Waals surface area contributed by atoms with Crippen LogP contribution in [0.2, 0.25) is 0 Å². The van der Waals surface area contributed by atoms with Crippen molar-refractivity contribution in [3.63, 3.8) is 0 Å². The lowest BCUT2D eigenvalue weighted by molar-refractivity contribution is -0.122. The molecular weight excluding hydrogens is 400 g/mol. The van der Waals surface area contributed by atoms with Crippen molar-refractivity contribution in [3.8, 4) is 11.5 Å². The fourth-order valence-electron chi connectivity index (χ4n) is 3.26. The zero-order chi connectivity index (χ0) is 21.7. The van der Waals surface area contributed by atoms with Crippen LogP contribution in [0.5, 0.6) is 11.5 Å². The number of hydrogen-bond acceptors (Lipinski definition) is 5. The Morgan fingerprint density at radius 3 is 2.57 bits per heavy atom. The summed E-state index contributed by atoms with van der Waals surface area (Å²) < 4.78 is 13.1. The van der Waals surface area contributed by atoms with Crippen LogP contribution < -0.4 is 14.8 Å². The minimum absolute atomic E-state index is 0.125. The van der Waals surface area contributed by atoms with Crippen molar-refractivity contribution >= 4 is 29.3 Å². The molecule has 160 valence electrons. The number of benzene rings is 1. The van der Waals surface area contributed by atoms with Gasteiger partial charge in [0.25, 0.3) is 5.91 Å². The number of aromatic nitrogens is 2. The van der Waals surface area contributed by atoms with Gasteiger partial charge < -0.3 is 14.8 Å². The van der Waals surface area contributed by atoms with Crippen LogP contribution in [0.1, 0.15) is 37.6 Å². The summed E-state index contributed by atoms with van der Waals surface area (Å²) in [6, 6.07) is 5.86. The molecule has 1 N–H and O–H groups in total. The topological polar surface area (TPSA) is 68.6 Å². The third kappa shape index (κ3) is 4.81. The monoisotopic (exact) mass is 428 g/mol. The van der Waals surface area contributed by atoms with E-state index in [1.807, 2.05) is 62.8 Å². The summed E-state index contributed by atoms with van der Waals surface area (Å²) in [7, 11) is 0. The summed E-state index contributed by atoms with van der Waals surface area (Å²) in [6.07, 6.45) is 4.39. The Kier molecular flexibility index (Phi) is 7.10. The van der Waals surface area contributed by atoms with Crippen molar-refractivity contribution in [1.82, 2.24) is 20.0 Å². The van der Waals surface area contributed by atoms with Gasteiger partial charge in [0.2, 0.25) is 0 Å². The number of carbonyl (C=O) groups is 1. The molecule has 1 saturated heterocycles. The Labute approximate surface area is 182 Å². The first-order valence-corrected chi connectivity index (χ1v) is 10.6. The molecule has 0 bridgehead atoms. The number of thiocarbonyl (C=S) groups is 1. The van der Waals surface area contributed by atoms with E-state index in [-0.39, 0.29) is 5.91 Å². The van der Waals surface area contributed by atoms with Gasteiger partial charge in [-0.3, -0.25) is 14.4 Å². The number of hydrogen-bond donors (Lipinski definition) is 1. The number of ether oxygens (including phenoxy) is 2. The molecule has 0 atom stereocenters. The fourth-order valence-corrected chi connectivity index (χ4v) is 3.54. The lowest BCUT2D eigenvalue weighted by Gasteiger charge is -2.15. The molecule has 1 aliphatic rings. The molecule has 30 heavy (non-hydrogen) atoms. The molecular formula is C22H28N4O3S. The maximum Gasteiger partial charge on any atom is 0.276 e. The van der Waals surface area contributed by atoms with Gasteiger partial charge in [-0.2, -0.15) is 5.10 Å². The highest BCUT2D eigenvalue weighted by atomic mass is 32.1. The summed E-state index contributed by atoms with van der Waals surface area (Å²) in [4.78, 5) is 14.5. The molecule has 3 rings (SSSR count). The highest BCUT2D eigenvalue weighted by molar-refractivity contribution is 7.80. The lowest BCUT2D eigenvalue weighted by atomic mass is 10.1. The van der Waals surface area contributed by atoms with Crippen LogP contribution in [-0.4, -0.2) is 45.5 Å². The normalized spacial score (nSPS) is 15.1. The van der Waals surface area contributed by atoms with E-state index in [4.69, 9.17) is 21.7 Å². The first-order chi connectivity index (χ1) is 14.5. The smallest absolute Gasteiger partial charge is 0.276 e. The second kappa shape index (κ2) is 9.75. The van der Waals surface area contributed by atoms with E-state index >= 15 is 0 Å². The van der Waals surface area contributed by atoms with Crippen LogP contribution in [0, 0.1) is 6.92 Å². The van der Waals surface area contributed by atoms with Crippen LogP contribution in [0.25, 0.3) is 6.08 Å². The highest BCUT2D eigenvalue weighted by Crippen LogP contribution is 2.29. The van der Waals surface area contributed by atoms with Crippen molar-refractivity contribution in [2.24, 2.45) is 0 Å². The molecule has 1 fully saturated rings. The molecule has 0 radical (unpaired) electrons. The maximum atomic E-state index is 12.9. The Balaban J connectivity index is 1.71. The van der Waals surface area contributed by atoms with E-state index in [0.29, 0.717) is 42.7 Å². The molecule has 0 spiro atoms. The molecule has 1 aromatic carbocycles. The number of nitrogens with one attached hydrogen (secondary N) is 1. The Morgan fingerprint density at radius 2 is 1.90 bits per heavy atom. The number of nitrogens with zero attached hydrogens (tertiary/aromatic N) is 3. The predicted molar refractivity (Wildman–Crippen MR) is 121 cm³/mol. The van der Waals surface area contributed by atoms with Gasteiger partial charge >= 0.3 is 0 Å². The van der Waals surface area contributed by atoms with Crippen molar-refractivity contribution in [2.45, 2.75) is 40.7 Å². The van der Waals surface area contributed by atoms with E-state index in [0.717, 1.165) is 29.1 Å². The average molecular weight is 429 g/mol. The standard InChI is InChI=1S/C22H28N4O3S/c1-5-25-14-17(15(4)24-25)13-18-21(27)26(22(30)23-18)11-10-16-8-9-19(28-6-2)20(12-16)29-7-3/h8-9,12-14H,5-7,10-11H2,1-4H3,(H,23,30)/b18-13+. The average Bonchev–Trinajstić information content (AvgIpc) is 3.21. The van der Waals surface area contributed by atoms with Gasteiger partial charge in [0.1, 0.15) is 5.70 Å². The second-order valence-corrected chi connectivity index (χ2v) is 7.25. The summed E-state index contributed by atoms with van der Waals surface area (Å²) in [5.74, 6) is 1.32. The Morgan fingerprint density at radius 1 is 1.17 bits per heavy atom. The van der Waals surface area contributed by atoms with E-state index in [1.165, 1.54) is 0 Å². The van der Waals surface area contributed by atoms with Gasteiger partial charge in [-0.1, -0.05) is 6.07 Å². The summed E-state index contributed by atoms with van der Waals surface area (Å²) in [5, 5.41) is 7.88. The molecule has 2 heterocycles. The van der Waals surface area contributed by atoms with E-state index in [9.17, 15) is 4.79 Å². The number of carbonyl (C=O) groups excluding carboxylic acids is 1. The summed E-state index contributed by atoms with van der Waals surface area (Å²) in [5.41, 5.74) is 3.31. The second-order valence-electron chi connectivity index (χ2n) is 6.87. The van der Waals surface area contributed by atoms with Gasteiger partial charge in [-0.25, -0.2) is 0 Å². The van der Waals surface area contributed by atoms with Gasteiger partial charge in [0, 0.05) is 24.8 Å². The molecule has 0 saturated carbocycles. The van der Waals surface area contributed by atoms with Gasteiger partial charge in [0.15, 0.2) is 16.6 Å². The van der Waals surface area contributed by atoms with Crippen molar-refractivity contribution in [1.29, 1.82) is 0 Å². The Hall–Kier alpha value is -2.87. The van der Waals surface area contributed by atoms with Crippen LogP contribution in [0.3, 0.4) is 0 Å². The van der Waals surface area contributed by atoms with Crippen LogP contribution in [0.4, 0.5) is 0 Å². The minimum Gasteiger partial charge on any atom is -0.490 e. The van der Waals surface area contributed by atoms with Crippen molar-refractivity contribution < 1.29 is 14.3 Å². The zero-order valence-corrected chi connectivity index (χ0v) is 18.7. The number of aryl methyl sites for hydroxylation is 2. The lowest BCUT2D eigenvalue weighted by Crippen LogP contribution is -2.32. The minimum atomic E-state index is -0.125. The van der Waals surface area contributed by atoms with Crippen LogP contribution in [0.15, 0.2) is 30.1 Å². The molecule has 0 unspecified atom stereocenters. The highest BCUT2D eigenvalue weighted by Gasteiger charge is 2.30.